The molecule has 0 fully saturated rings. The van der Waals surface area contributed by atoms with Gasteiger partial charge in [0.2, 0.25) is 0 Å². The number of rotatable bonds is 3. The molecular formula is C11H14N4O. The number of benzene rings is 1. The highest BCUT2D eigenvalue weighted by molar-refractivity contribution is 6.00. The van der Waals surface area contributed by atoms with E-state index in [0.29, 0.717) is 18.9 Å². The maximum absolute atomic E-state index is 10.5. The first-order valence-electron chi connectivity index (χ1n) is 5.13. The van der Waals surface area contributed by atoms with Gasteiger partial charge < -0.3 is 16.0 Å². The normalized spacial score (nSPS) is 13.8. The summed E-state index contributed by atoms with van der Waals surface area (Å²) in [5.41, 5.74) is 7.11. The Hall–Kier alpha value is -2.04. The van der Waals surface area contributed by atoms with Crippen molar-refractivity contribution in [1.82, 2.24) is 10.2 Å². The van der Waals surface area contributed by atoms with Crippen molar-refractivity contribution in [3.63, 3.8) is 0 Å². The molecule has 1 aromatic rings. The lowest BCUT2D eigenvalue weighted by atomic mass is 10.1. The van der Waals surface area contributed by atoms with Gasteiger partial charge in [-0.1, -0.05) is 24.3 Å². The van der Waals surface area contributed by atoms with Crippen LogP contribution < -0.4 is 11.1 Å². The summed E-state index contributed by atoms with van der Waals surface area (Å²) in [6.07, 6.45) is 0. The number of amidine groups is 1. The summed E-state index contributed by atoms with van der Waals surface area (Å²) >= 11 is 0. The first-order chi connectivity index (χ1) is 7.68. The average molecular weight is 218 g/mol. The highest BCUT2D eigenvalue weighted by Gasteiger charge is 2.22. The van der Waals surface area contributed by atoms with Crippen LogP contribution in [-0.2, 0) is 6.54 Å². The van der Waals surface area contributed by atoms with Crippen molar-refractivity contribution in [3.8, 4) is 0 Å². The smallest absolute Gasteiger partial charge is 0.312 e. The number of nitrogens with zero attached hydrogens (tertiary/aromatic N) is 1. The van der Waals surface area contributed by atoms with Gasteiger partial charge in [-0.3, -0.25) is 5.41 Å². The molecule has 2 amide bonds. The minimum absolute atomic E-state index is 0.464. The van der Waals surface area contributed by atoms with E-state index < -0.39 is 6.03 Å². The molecule has 0 radical (unpaired) electrons. The summed E-state index contributed by atoms with van der Waals surface area (Å²) in [7, 11) is 0. The second-order valence-corrected chi connectivity index (χ2v) is 3.72. The molecule has 0 saturated carbocycles. The van der Waals surface area contributed by atoms with Crippen LogP contribution in [0.5, 0.6) is 0 Å². The first kappa shape index (κ1) is 10.5. The number of hydrogen-bond acceptors (Lipinski definition) is 2. The highest BCUT2D eigenvalue weighted by Crippen LogP contribution is 2.21. The lowest BCUT2D eigenvalue weighted by molar-refractivity contribution is 0.248. The minimum atomic E-state index is -0.525. The Balaban J connectivity index is 1.97. The Morgan fingerprint density at radius 1 is 1.50 bits per heavy atom. The number of fused-ring (bicyclic) bond motifs is 1. The van der Waals surface area contributed by atoms with Crippen LogP contribution >= 0.6 is 0 Å². The van der Waals surface area contributed by atoms with Gasteiger partial charge in [0, 0.05) is 25.2 Å². The number of nitrogens with one attached hydrogen (secondary N) is 2. The molecule has 4 N–H and O–H groups in total. The van der Waals surface area contributed by atoms with Crippen LogP contribution in [0.4, 0.5) is 4.79 Å². The SMILES string of the molecule is N=C1c2ccccc2CN1CCNC(N)=O. The largest absolute Gasteiger partial charge is 0.352 e. The second kappa shape index (κ2) is 4.22. The Morgan fingerprint density at radius 2 is 2.25 bits per heavy atom. The number of carbonyl (C=O) groups excluding carboxylic acids is 1. The number of carbonyl (C=O) groups is 1. The van der Waals surface area contributed by atoms with Crippen molar-refractivity contribution in [2.24, 2.45) is 5.73 Å². The van der Waals surface area contributed by atoms with Gasteiger partial charge in [0.1, 0.15) is 5.84 Å². The fraction of sp³-hybridized carbons (Fsp3) is 0.273. The molecule has 84 valence electrons. The lowest BCUT2D eigenvalue weighted by Crippen LogP contribution is -2.37. The van der Waals surface area contributed by atoms with Crippen LogP contribution in [0.1, 0.15) is 11.1 Å². The van der Waals surface area contributed by atoms with Gasteiger partial charge >= 0.3 is 6.03 Å². The molecule has 16 heavy (non-hydrogen) atoms. The van der Waals surface area contributed by atoms with Crippen molar-refractivity contribution in [3.05, 3.63) is 35.4 Å². The van der Waals surface area contributed by atoms with Gasteiger partial charge in [-0.05, 0) is 5.56 Å². The van der Waals surface area contributed by atoms with Gasteiger partial charge in [-0.2, -0.15) is 0 Å². The molecule has 1 heterocycles. The summed E-state index contributed by atoms with van der Waals surface area (Å²) < 4.78 is 0. The van der Waals surface area contributed by atoms with E-state index in [-0.39, 0.29) is 0 Å². The molecule has 2 rings (SSSR count). The maximum Gasteiger partial charge on any atom is 0.312 e. The third-order valence-corrected chi connectivity index (χ3v) is 2.63. The maximum atomic E-state index is 10.5. The molecule has 5 heteroatoms. The third-order valence-electron chi connectivity index (χ3n) is 2.63. The number of urea groups is 1. The van der Waals surface area contributed by atoms with Crippen LogP contribution in [0, 0.1) is 5.41 Å². The summed E-state index contributed by atoms with van der Waals surface area (Å²) in [4.78, 5) is 12.4. The molecule has 0 aliphatic carbocycles. The molecule has 0 spiro atoms. The summed E-state index contributed by atoms with van der Waals surface area (Å²) in [6, 6.07) is 7.34. The van der Waals surface area contributed by atoms with E-state index in [1.165, 1.54) is 0 Å². The Morgan fingerprint density at radius 3 is 2.94 bits per heavy atom. The second-order valence-electron chi connectivity index (χ2n) is 3.72. The van der Waals surface area contributed by atoms with Crippen LogP contribution in [0.25, 0.3) is 0 Å². The van der Waals surface area contributed by atoms with Gasteiger partial charge in [-0.15, -0.1) is 0 Å². The standard InChI is InChI=1S/C11H14N4O/c12-10-9-4-2-1-3-8(9)7-15(10)6-5-14-11(13)16/h1-4,12H,5-7H2,(H3,13,14,16). The highest BCUT2D eigenvalue weighted by atomic mass is 16.2. The molecule has 0 unspecified atom stereocenters. The Bertz CT molecular complexity index is 430. The van der Waals surface area contributed by atoms with E-state index in [4.69, 9.17) is 11.1 Å². The summed E-state index contributed by atoms with van der Waals surface area (Å²) in [5, 5.41) is 10.5. The summed E-state index contributed by atoms with van der Waals surface area (Å²) in [6.45, 7) is 1.80. The topological polar surface area (TPSA) is 82.2 Å². The fourth-order valence-corrected chi connectivity index (χ4v) is 1.85. The molecule has 1 aliphatic rings. The quantitative estimate of drug-likeness (QED) is 0.690. The van der Waals surface area contributed by atoms with Crippen molar-refractivity contribution in [1.29, 1.82) is 5.41 Å². The van der Waals surface area contributed by atoms with E-state index in [1.54, 1.807) is 0 Å². The van der Waals surface area contributed by atoms with Crippen molar-refractivity contribution in [2.45, 2.75) is 6.54 Å². The molecule has 0 bridgehead atoms. The van der Waals surface area contributed by atoms with Crippen LogP contribution in [0.3, 0.4) is 0 Å². The molecule has 0 saturated heterocycles. The van der Waals surface area contributed by atoms with E-state index in [1.807, 2.05) is 29.2 Å². The van der Waals surface area contributed by atoms with Gasteiger partial charge in [0.15, 0.2) is 0 Å². The van der Waals surface area contributed by atoms with Gasteiger partial charge in [0.05, 0.1) is 0 Å². The molecule has 1 aliphatic heterocycles. The van der Waals surface area contributed by atoms with Crippen LogP contribution in [0.15, 0.2) is 24.3 Å². The average Bonchev–Trinajstić information content (AvgIpc) is 2.56. The number of primary amides is 1. The minimum Gasteiger partial charge on any atom is -0.352 e. The molecular weight excluding hydrogens is 204 g/mol. The van der Waals surface area contributed by atoms with Crippen LogP contribution in [-0.4, -0.2) is 29.9 Å². The molecule has 0 atom stereocenters. The monoisotopic (exact) mass is 218 g/mol. The number of hydrogen-bond donors (Lipinski definition) is 3. The van der Waals surface area contributed by atoms with E-state index in [9.17, 15) is 4.79 Å². The zero-order valence-electron chi connectivity index (χ0n) is 8.86. The van der Waals surface area contributed by atoms with Crippen LogP contribution in [0.2, 0.25) is 0 Å². The van der Waals surface area contributed by atoms with Crippen molar-refractivity contribution in [2.75, 3.05) is 13.1 Å². The van der Waals surface area contributed by atoms with Gasteiger partial charge in [-0.25, -0.2) is 4.79 Å². The number of nitrogens with two attached hydrogens (primary N) is 1. The van der Waals surface area contributed by atoms with Crippen molar-refractivity contribution >= 4 is 11.9 Å². The lowest BCUT2D eigenvalue weighted by Gasteiger charge is -2.17. The number of amides is 2. The predicted molar refractivity (Wildman–Crippen MR) is 61.3 cm³/mol. The predicted octanol–water partition coefficient (Wildman–Crippen LogP) is 0.496. The Labute approximate surface area is 93.7 Å². The van der Waals surface area contributed by atoms with E-state index in [0.717, 1.165) is 17.7 Å². The molecule has 0 aromatic heterocycles. The van der Waals surface area contributed by atoms with E-state index in [2.05, 4.69) is 5.32 Å². The fourth-order valence-electron chi connectivity index (χ4n) is 1.85. The summed E-state index contributed by atoms with van der Waals surface area (Å²) in [5.74, 6) is 0.516. The molecule has 5 nitrogen and oxygen atoms in total. The van der Waals surface area contributed by atoms with E-state index >= 15 is 0 Å². The zero-order chi connectivity index (χ0) is 11.5. The Kier molecular flexibility index (Phi) is 2.76. The first-order valence-corrected chi connectivity index (χ1v) is 5.13. The van der Waals surface area contributed by atoms with Gasteiger partial charge in [0.25, 0.3) is 0 Å². The third kappa shape index (κ3) is 1.98. The zero-order valence-corrected chi connectivity index (χ0v) is 8.86. The molecule has 1 aromatic carbocycles. The van der Waals surface area contributed by atoms with Crippen molar-refractivity contribution < 1.29 is 4.79 Å².